The van der Waals surface area contributed by atoms with E-state index in [1.165, 1.54) is 0 Å². The number of rotatable bonds is 3. The zero-order chi connectivity index (χ0) is 8.97. The summed E-state index contributed by atoms with van der Waals surface area (Å²) in [6.45, 7) is 1.66. The van der Waals surface area contributed by atoms with Crippen LogP contribution in [0, 0.1) is 6.92 Å². The van der Waals surface area contributed by atoms with Crippen LogP contribution < -0.4 is 4.74 Å². The summed E-state index contributed by atoms with van der Waals surface area (Å²) in [4.78, 5) is 0. The predicted molar refractivity (Wildman–Crippen MR) is 50.3 cm³/mol. The van der Waals surface area contributed by atoms with Gasteiger partial charge in [-0.2, -0.15) is 0 Å². The summed E-state index contributed by atoms with van der Waals surface area (Å²) in [6.07, 6.45) is 0. The number of halogens is 2. The van der Waals surface area contributed by atoms with Crippen LogP contribution in [0.5, 0.6) is 5.75 Å². The summed E-state index contributed by atoms with van der Waals surface area (Å²) in [7, 11) is 0. The summed E-state index contributed by atoms with van der Waals surface area (Å²) in [5, 5.41) is 0. The number of aryl methyl sites for hydroxylation is 1. The summed E-state index contributed by atoms with van der Waals surface area (Å²) in [5.41, 5.74) is 1.14. The second-order valence-electron chi connectivity index (χ2n) is 2.45. The van der Waals surface area contributed by atoms with Gasteiger partial charge >= 0.3 is 0 Å². The van der Waals surface area contributed by atoms with Gasteiger partial charge in [0.2, 0.25) is 0 Å². The number of hydrogen-bond donors (Lipinski definition) is 0. The molecule has 0 saturated heterocycles. The molecule has 1 nitrogen and oxygen atoms in total. The van der Waals surface area contributed by atoms with Crippen LogP contribution in [0.1, 0.15) is 5.56 Å². The van der Waals surface area contributed by atoms with Crippen molar-refractivity contribution in [2.75, 3.05) is 13.3 Å². The van der Waals surface area contributed by atoms with Gasteiger partial charge in [0.05, 0.1) is 0 Å². The molecular formula is C9H10BrFO. The predicted octanol–water partition coefficient (Wildman–Crippen LogP) is 3.11. The van der Waals surface area contributed by atoms with Crippen molar-refractivity contribution in [2.24, 2.45) is 0 Å². The molecule has 0 spiro atoms. The molecular weight excluding hydrogens is 223 g/mol. The summed E-state index contributed by atoms with van der Waals surface area (Å²) < 4.78 is 17.8. The summed E-state index contributed by atoms with van der Waals surface area (Å²) in [5.74, 6) is 0.699. The lowest BCUT2D eigenvalue weighted by molar-refractivity contribution is 0.273. The Morgan fingerprint density at radius 2 is 2.25 bits per heavy atom. The monoisotopic (exact) mass is 232 g/mol. The van der Waals surface area contributed by atoms with Crippen molar-refractivity contribution >= 4 is 15.9 Å². The maximum atomic E-state index is 11.7. The lowest BCUT2D eigenvalue weighted by Crippen LogP contribution is -1.98. The van der Waals surface area contributed by atoms with Crippen LogP contribution >= 0.6 is 15.9 Å². The molecule has 12 heavy (non-hydrogen) atoms. The smallest absolute Gasteiger partial charge is 0.123 e. The maximum absolute atomic E-state index is 11.7. The van der Waals surface area contributed by atoms with Crippen molar-refractivity contribution in [3.05, 3.63) is 28.2 Å². The Kier molecular flexibility index (Phi) is 3.53. The SMILES string of the molecule is Cc1ccc(OCCF)cc1Br. The number of alkyl halides is 1. The van der Waals surface area contributed by atoms with Gasteiger partial charge in [-0.15, -0.1) is 0 Å². The van der Waals surface area contributed by atoms with Crippen molar-refractivity contribution in [3.8, 4) is 5.75 Å². The van der Waals surface area contributed by atoms with Crippen LogP contribution in [0.4, 0.5) is 4.39 Å². The van der Waals surface area contributed by atoms with Crippen LogP contribution in [0.25, 0.3) is 0 Å². The molecule has 0 radical (unpaired) electrons. The third-order valence-corrected chi connectivity index (χ3v) is 2.34. The Hall–Kier alpha value is -0.570. The standard InChI is InChI=1S/C9H10BrFO/c1-7-2-3-8(6-9(7)10)12-5-4-11/h2-3,6H,4-5H2,1H3. The fraction of sp³-hybridized carbons (Fsp3) is 0.333. The Labute approximate surface area is 79.7 Å². The first-order chi connectivity index (χ1) is 5.74. The Morgan fingerprint density at radius 3 is 2.83 bits per heavy atom. The minimum absolute atomic E-state index is 0.121. The molecule has 66 valence electrons. The van der Waals surface area contributed by atoms with E-state index in [9.17, 15) is 4.39 Å². The molecule has 1 aromatic rings. The lowest BCUT2D eigenvalue weighted by Gasteiger charge is -2.04. The zero-order valence-corrected chi connectivity index (χ0v) is 8.40. The van der Waals surface area contributed by atoms with E-state index in [-0.39, 0.29) is 6.61 Å². The normalized spacial score (nSPS) is 9.92. The molecule has 0 bridgehead atoms. The fourth-order valence-corrected chi connectivity index (χ4v) is 1.18. The van der Waals surface area contributed by atoms with Crippen LogP contribution in [-0.4, -0.2) is 13.3 Å². The highest BCUT2D eigenvalue weighted by Gasteiger charge is 1.97. The van der Waals surface area contributed by atoms with Crippen molar-refractivity contribution in [1.82, 2.24) is 0 Å². The van der Waals surface area contributed by atoms with Gasteiger partial charge in [0.1, 0.15) is 19.0 Å². The highest BCUT2D eigenvalue weighted by atomic mass is 79.9. The molecule has 0 aliphatic rings. The van der Waals surface area contributed by atoms with E-state index in [1.54, 1.807) is 0 Å². The van der Waals surface area contributed by atoms with Crippen LogP contribution in [0.2, 0.25) is 0 Å². The highest BCUT2D eigenvalue weighted by molar-refractivity contribution is 9.10. The molecule has 0 saturated carbocycles. The Bertz CT molecular complexity index is 263. The topological polar surface area (TPSA) is 9.23 Å². The van der Waals surface area contributed by atoms with Crippen LogP contribution in [0.3, 0.4) is 0 Å². The average Bonchev–Trinajstić information content (AvgIpc) is 2.07. The van der Waals surface area contributed by atoms with Gasteiger partial charge in [0.15, 0.2) is 0 Å². The quantitative estimate of drug-likeness (QED) is 0.779. The molecule has 1 aromatic carbocycles. The second kappa shape index (κ2) is 4.45. The maximum Gasteiger partial charge on any atom is 0.123 e. The van der Waals surface area contributed by atoms with Crippen molar-refractivity contribution in [1.29, 1.82) is 0 Å². The molecule has 3 heteroatoms. The van der Waals surface area contributed by atoms with E-state index >= 15 is 0 Å². The summed E-state index contributed by atoms with van der Waals surface area (Å²) >= 11 is 3.36. The van der Waals surface area contributed by atoms with E-state index in [1.807, 2.05) is 25.1 Å². The summed E-state index contributed by atoms with van der Waals surface area (Å²) in [6, 6.07) is 5.60. The fourth-order valence-electron chi connectivity index (χ4n) is 0.820. The van der Waals surface area contributed by atoms with Crippen molar-refractivity contribution < 1.29 is 9.13 Å². The van der Waals surface area contributed by atoms with Gasteiger partial charge in [-0.1, -0.05) is 22.0 Å². The third-order valence-electron chi connectivity index (χ3n) is 1.49. The lowest BCUT2D eigenvalue weighted by atomic mass is 10.2. The van der Waals surface area contributed by atoms with E-state index in [4.69, 9.17) is 4.74 Å². The molecule has 0 N–H and O–H groups in total. The molecule has 0 heterocycles. The molecule has 0 fully saturated rings. The Morgan fingerprint density at radius 1 is 1.50 bits per heavy atom. The molecule has 0 atom stereocenters. The van der Waals surface area contributed by atoms with Gasteiger partial charge in [-0.05, 0) is 24.6 Å². The third kappa shape index (κ3) is 2.48. The minimum Gasteiger partial charge on any atom is -0.491 e. The number of hydrogen-bond acceptors (Lipinski definition) is 1. The molecule has 0 aromatic heterocycles. The average molecular weight is 233 g/mol. The zero-order valence-electron chi connectivity index (χ0n) is 6.81. The first-order valence-corrected chi connectivity index (χ1v) is 4.48. The van der Waals surface area contributed by atoms with Crippen molar-refractivity contribution in [3.63, 3.8) is 0 Å². The van der Waals surface area contributed by atoms with Crippen LogP contribution in [0.15, 0.2) is 22.7 Å². The number of benzene rings is 1. The van der Waals surface area contributed by atoms with Crippen molar-refractivity contribution in [2.45, 2.75) is 6.92 Å². The van der Waals surface area contributed by atoms with Gasteiger partial charge in [0.25, 0.3) is 0 Å². The van der Waals surface area contributed by atoms with Gasteiger partial charge < -0.3 is 4.74 Å². The van der Waals surface area contributed by atoms with Gasteiger partial charge in [0, 0.05) is 4.47 Å². The highest BCUT2D eigenvalue weighted by Crippen LogP contribution is 2.21. The first-order valence-electron chi connectivity index (χ1n) is 3.69. The largest absolute Gasteiger partial charge is 0.491 e. The molecule has 0 unspecified atom stereocenters. The molecule has 1 rings (SSSR count). The van der Waals surface area contributed by atoms with E-state index in [0.717, 1.165) is 10.0 Å². The first kappa shape index (κ1) is 9.52. The number of ether oxygens (including phenoxy) is 1. The van der Waals surface area contributed by atoms with Gasteiger partial charge in [-0.25, -0.2) is 4.39 Å². The minimum atomic E-state index is -0.453. The van der Waals surface area contributed by atoms with Crippen LogP contribution in [-0.2, 0) is 0 Å². The van der Waals surface area contributed by atoms with E-state index in [2.05, 4.69) is 15.9 Å². The van der Waals surface area contributed by atoms with E-state index in [0.29, 0.717) is 5.75 Å². The molecule has 0 aliphatic heterocycles. The second-order valence-corrected chi connectivity index (χ2v) is 3.30. The molecule has 0 aliphatic carbocycles. The van der Waals surface area contributed by atoms with Gasteiger partial charge in [-0.3, -0.25) is 0 Å². The molecule has 0 amide bonds. The Balaban J connectivity index is 2.69. The van der Waals surface area contributed by atoms with E-state index < -0.39 is 6.67 Å².